The average Bonchev–Trinajstić information content (AvgIpc) is 2.78. The summed E-state index contributed by atoms with van der Waals surface area (Å²) in [4.78, 5) is 21.3. The van der Waals surface area contributed by atoms with Crippen LogP contribution in [0, 0.1) is 11.8 Å². The molecule has 1 rings (SSSR count). The van der Waals surface area contributed by atoms with Gasteiger partial charge in [0.25, 0.3) is 0 Å². The summed E-state index contributed by atoms with van der Waals surface area (Å²) in [5.41, 5.74) is 0. The molecule has 0 aromatic heterocycles. The summed E-state index contributed by atoms with van der Waals surface area (Å²) in [7, 11) is 5.99. The number of hydrogen-bond donors (Lipinski definition) is 0. The highest BCUT2D eigenvalue weighted by Crippen LogP contribution is 2.21. The molecule has 1 saturated heterocycles. The van der Waals surface area contributed by atoms with E-state index >= 15 is 0 Å². The van der Waals surface area contributed by atoms with E-state index in [1.54, 1.807) is 21.3 Å². The van der Waals surface area contributed by atoms with Crippen molar-refractivity contribution in [3.05, 3.63) is 0 Å². The number of carbonyl (C=O) groups is 2. The van der Waals surface area contributed by atoms with Crippen LogP contribution in [0.2, 0.25) is 0 Å². The van der Waals surface area contributed by atoms with Gasteiger partial charge in [-0.25, -0.2) is 0 Å². The third-order valence-corrected chi connectivity index (χ3v) is 3.08. The summed E-state index contributed by atoms with van der Waals surface area (Å²) in [5.74, 6) is -0.189. The summed E-state index contributed by atoms with van der Waals surface area (Å²) in [6.07, 6.45) is 0.142. The van der Waals surface area contributed by atoms with Gasteiger partial charge in [0.15, 0.2) is 6.29 Å². The highest BCUT2D eigenvalue weighted by Gasteiger charge is 2.30. The number of hydrogen-bond acceptors (Lipinski definition) is 7. The lowest BCUT2D eigenvalue weighted by Crippen LogP contribution is -2.25. The zero-order valence-corrected chi connectivity index (χ0v) is 13.6. The Morgan fingerprint density at radius 2 is 1.74 bits per heavy atom. The van der Waals surface area contributed by atoms with Crippen LogP contribution in [0.3, 0.4) is 0 Å². The molecule has 23 heavy (non-hydrogen) atoms. The molecule has 3 atom stereocenters. The Bertz CT molecular complexity index is 316. The molecule has 0 amide bonds. The van der Waals surface area contributed by atoms with Gasteiger partial charge >= 0.3 is 11.9 Å². The van der Waals surface area contributed by atoms with Gasteiger partial charge in [-0.1, -0.05) is 28.7 Å². The lowest BCUT2D eigenvalue weighted by Gasteiger charge is -2.19. The second-order valence-electron chi connectivity index (χ2n) is 4.87. The number of carbonyl (C=O) groups excluding carboxylic acids is 2. The number of cyclic esters (lactones) is 1. The summed E-state index contributed by atoms with van der Waals surface area (Å²) in [5, 5.41) is 0. The van der Waals surface area contributed by atoms with Gasteiger partial charge in [-0.15, -0.1) is 0 Å². The lowest BCUT2D eigenvalue weighted by molar-refractivity contribution is -0.160. The molecule has 140 valence electrons. The second-order valence-corrected chi connectivity index (χ2v) is 4.87. The van der Waals surface area contributed by atoms with Crippen LogP contribution in [0.5, 0.6) is 0 Å². The summed E-state index contributed by atoms with van der Waals surface area (Å²) >= 11 is 0. The molecular weight excluding hydrogens is 304 g/mol. The first-order valence-electron chi connectivity index (χ1n) is 6.74. The number of methoxy groups -OCH3 is 4. The van der Waals surface area contributed by atoms with Gasteiger partial charge in [0.2, 0.25) is 6.29 Å². The molecule has 0 radical (unpaired) electrons. The predicted molar refractivity (Wildman–Crippen MR) is 87.7 cm³/mol. The normalized spacial score (nSPS) is 20.4. The second kappa shape index (κ2) is 14.4. The van der Waals surface area contributed by atoms with Crippen LogP contribution in [-0.4, -0.2) is 53.0 Å². The van der Waals surface area contributed by atoms with Gasteiger partial charge < -0.3 is 23.7 Å². The maximum Gasteiger partial charge on any atom is 0.308 e. The van der Waals surface area contributed by atoms with E-state index in [1.807, 2.05) is 13.8 Å². The average molecular weight is 338 g/mol. The molecule has 0 aromatic carbocycles. The van der Waals surface area contributed by atoms with Crippen LogP contribution in [0.15, 0.2) is 0 Å². The molecular formula is C16H34O7. The monoisotopic (exact) mass is 338 g/mol. The van der Waals surface area contributed by atoms with Crippen molar-refractivity contribution in [2.75, 3.05) is 28.4 Å². The van der Waals surface area contributed by atoms with Gasteiger partial charge in [0, 0.05) is 33.2 Å². The van der Waals surface area contributed by atoms with E-state index in [0.717, 1.165) is 0 Å². The highest BCUT2D eigenvalue weighted by molar-refractivity contribution is 5.71. The van der Waals surface area contributed by atoms with Crippen molar-refractivity contribution in [3.8, 4) is 0 Å². The molecule has 7 heteroatoms. The van der Waals surface area contributed by atoms with E-state index in [4.69, 9.17) is 18.9 Å². The maximum absolute atomic E-state index is 10.8. The van der Waals surface area contributed by atoms with E-state index in [9.17, 15) is 9.59 Å². The third-order valence-electron chi connectivity index (χ3n) is 3.08. The molecule has 0 spiro atoms. The molecule has 0 bridgehead atoms. The first-order chi connectivity index (χ1) is 9.89. The molecule has 3 unspecified atom stereocenters. The molecule has 0 aliphatic carbocycles. The van der Waals surface area contributed by atoms with Crippen molar-refractivity contribution in [2.45, 2.75) is 54.1 Å². The Hall–Kier alpha value is -1.18. The third kappa shape index (κ3) is 10.3. The van der Waals surface area contributed by atoms with Crippen LogP contribution in [0.4, 0.5) is 0 Å². The molecule has 1 aliphatic rings. The number of rotatable bonds is 6. The number of ether oxygens (including phenoxy) is 5. The van der Waals surface area contributed by atoms with E-state index in [2.05, 4.69) is 4.74 Å². The van der Waals surface area contributed by atoms with Gasteiger partial charge in [-0.05, 0) is 0 Å². The van der Waals surface area contributed by atoms with Crippen LogP contribution >= 0.6 is 0 Å². The SMILES string of the molecule is C.C.COC(=O)CC(C)C(OC)OC.COC1OC(=O)CC1C. The van der Waals surface area contributed by atoms with Crippen LogP contribution < -0.4 is 0 Å². The fourth-order valence-corrected chi connectivity index (χ4v) is 1.94. The zero-order valence-electron chi connectivity index (χ0n) is 13.6. The minimum atomic E-state index is -0.343. The minimum Gasteiger partial charge on any atom is -0.469 e. The molecule has 0 saturated carbocycles. The Morgan fingerprint density at radius 1 is 1.22 bits per heavy atom. The van der Waals surface area contributed by atoms with Crippen LogP contribution in [0.25, 0.3) is 0 Å². The van der Waals surface area contributed by atoms with Crippen LogP contribution in [0.1, 0.15) is 41.5 Å². The molecule has 1 aliphatic heterocycles. The fourth-order valence-electron chi connectivity index (χ4n) is 1.94. The number of esters is 2. The first-order valence-corrected chi connectivity index (χ1v) is 6.74. The van der Waals surface area contributed by atoms with Crippen molar-refractivity contribution in [3.63, 3.8) is 0 Å². The molecule has 0 aromatic rings. The van der Waals surface area contributed by atoms with E-state index in [0.29, 0.717) is 12.8 Å². The van der Waals surface area contributed by atoms with Crippen molar-refractivity contribution in [1.82, 2.24) is 0 Å². The van der Waals surface area contributed by atoms with Crippen molar-refractivity contribution in [2.24, 2.45) is 11.8 Å². The van der Waals surface area contributed by atoms with Gasteiger partial charge in [0.05, 0.1) is 20.0 Å². The quantitative estimate of drug-likeness (QED) is 0.544. The molecule has 1 fully saturated rings. The largest absolute Gasteiger partial charge is 0.469 e. The summed E-state index contributed by atoms with van der Waals surface area (Å²) < 4.78 is 24.1. The lowest BCUT2D eigenvalue weighted by atomic mass is 10.1. The highest BCUT2D eigenvalue weighted by atomic mass is 16.7. The Labute approximate surface area is 140 Å². The molecule has 7 nitrogen and oxygen atoms in total. The van der Waals surface area contributed by atoms with E-state index < -0.39 is 0 Å². The van der Waals surface area contributed by atoms with Gasteiger partial charge in [0.1, 0.15) is 0 Å². The molecule has 1 heterocycles. The summed E-state index contributed by atoms with van der Waals surface area (Å²) in [6.45, 7) is 3.80. The topological polar surface area (TPSA) is 80.3 Å². The Morgan fingerprint density at radius 3 is 2.00 bits per heavy atom. The van der Waals surface area contributed by atoms with Gasteiger partial charge in [-0.2, -0.15) is 0 Å². The van der Waals surface area contributed by atoms with Crippen molar-refractivity contribution in [1.29, 1.82) is 0 Å². The Balaban J connectivity index is -0.000000329. The predicted octanol–water partition coefficient (Wildman–Crippen LogP) is 2.62. The standard InChI is InChI=1S/C8H16O4.C6H10O3.2CH4/c1-6(5-7(9)10-2)8(11-3)12-4;1-4-3-5(7)9-6(4)8-2;;/h6,8H,5H2,1-4H3;4,6H,3H2,1-2H3;2*1H4. The summed E-state index contributed by atoms with van der Waals surface area (Å²) in [6, 6.07) is 0. The van der Waals surface area contributed by atoms with E-state index in [1.165, 1.54) is 7.11 Å². The fraction of sp³-hybridized carbons (Fsp3) is 0.875. The zero-order chi connectivity index (χ0) is 16.4. The maximum atomic E-state index is 10.8. The molecule has 0 N–H and O–H groups in total. The van der Waals surface area contributed by atoms with E-state index in [-0.39, 0.29) is 51.2 Å². The van der Waals surface area contributed by atoms with Crippen LogP contribution in [-0.2, 0) is 33.3 Å². The Kier molecular flexibility index (Phi) is 16.7. The smallest absolute Gasteiger partial charge is 0.308 e. The van der Waals surface area contributed by atoms with Crippen molar-refractivity contribution < 1.29 is 33.3 Å². The minimum absolute atomic E-state index is 0. The first kappa shape index (κ1) is 26.7. The van der Waals surface area contributed by atoms with Crippen molar-refractivity contribution >= 4 is 11.9 Å². The van der Waals surface area contributed by atoms with Gasteiger partial charge in [-0.3, -0.25) is 9.59 Å².